The minimum atomic E-state index is -0.590. The number of hydrogen-bond donors (Lipinski definition) is 2. The van der Waals surface area contributed by atoms with E-state index in [0.29, 0.717) is 23.8 Å². The Labute approximate surface area is 192 Å². The highest BCUT2D eigenvalue weighted by atomic mass is 35.5. The summed E-state index contributed by atoms with van der Waals surface area (Å²) in [6.07, 6.45) is 2.76. The van der Waals surface area contributed by atoms with Gasteiger partial charge in [0.15, 0.2) is 6.61 Å². The SMILES string of the molecule is CN(C)c1cccc(C(=O)NC2C[C@H](NC(=O)COc3ccc(Cl)c(F)c3)C3CCC23)c1. The summed E-state index contributed by atoms with van der Waals surface area (Å²) < 4.78 is 18.9. The summed E-state index contributed by atoms with van der Waals surface area (Å²) in [6, 6.07) is 11.6. The topological polar surface area (TPSA) is 70.7 Å². The van der Waals surface area contributed by atoms with Crippen LogP contribution in [-0.2, 0) is 4.79 Å². The lowest BCUT2D eigenvalue weighted by Gasteiger charge is -2.36. The van der Waals surface area contributed by atoms with Crippen LogP contribution in [-0.4, -0.2) is 44.6 Å². The Morgan fingerprint density at radius 2 is 1.81 bits per heavy atom. The van der Waals surface area contributed by atoms with Gasteiger partial charge in [0.2, 0.25) is 0 Å². The summed E-state index contributed by atoms with van der Waals surface area (Å²) in [5.74, 6) is 0.0245. The molecule has 0 aromatic heterocycles. The number of anilines is 1. The number of rotatable bonds is 7. The summed E-state index contributed by atoms with van der Waals surface area (Å²) in [6.45, 7) is -0.205. The highest BCUT2D eigenvalue weighted by Crippen LogP contribution is 2.47. The molecule has 2 amide bonds. The van der Waals surface area contributed by atoms with Crippen LogP contribution in [0.2, 0.25) is 5.02 Å². The first-order valence-corrected chi connectivity index (χ1v) is 11.1. The van der Waals surface area contributed by atoms with Crippen molar-refractivity contribution in [2.75, 3.05) is 25.6 Å². The van der Waals surface area contributed by atoms with Crippen molar-refractivity contribution in [3.8, 4) is 5.75 Å². The number of amides is 2. The third kappa shape index (κ3) is 4.83. The Kier molecular flexibility index (Phi) is 6.55. The average molecular weight is 460 g/mol. The number of halogens is 2. The normalized spacial score (nSPS) is 23.6. The number of nitrogens with one attached hydrogen (secondary N) is 2. The van der Waals surface area contributed by atoms with Crippen molar-refractivity contribution in [2.24, 2.45) is 11.8 Å². The molecule has 0 saturated heterocycles. The van der Waals surface area contributed by atoms with E-state index < -0.39 is 5.82 Å². The lowest BCUT2D eigenvalue weighted by atomic mass is 9.73. The van der Waals surface area contributed by atoms with Crippen LogP contribution in [0, 0.1) is 17.7 Å². The highest BCUT2D eigenvalue weighted by Gasteiger charge is 2.49. The van der Waals surface area contributed by atoms with E-state index in [4.69, 9.17) is 16.3 Å². The van der Waals surface area contributed by atoms with Gasteiger partial charge in [0.05, 0.1) is 5.02 Å². The van der Waals surface area contributed by atoms with Crippen molar-refractivity contribution in [1.29, 1.82) is 0 Å². The molecule has 0 bridgehead atoms. The number of hydrogen-bond acceptors (Lipinski definition) is 4. The summed E-state index contributed by atoms with van der Waals surface area (Å²) in [7, 11) is 3.88. The molecule has 8 heteroatoms. The maximum Gasteiger partial charge on any atom is 0.258 e. The first-order valence-electron chi connectivity index (χ1n) is 10.8. The minimum Gasteiger partial charge on any atom is -0.484 e. The quantitative estimate of drug-likeness (QED) is 0.663. The van der Waals surface area contributed by atoms with Gasteiger partial charge in [-0.25, -0.2) is 4.39 Å². The lowest BCUT2D eigenvalue weighted by Crippen LogP contribution is -2.44. The number of carbonyl (C=O) groups is 2. The van der Waals surface area contributed by atoms with Crippen molar-refractivity contribution in [3.63, 3.8) is 0 Å². The van der Waals surface area contributed by atoms with E-state index in [-0.39, 0.29) is 41.3 Å². The molecule has 4 atom stereocenters. The smallest absolute Gasteiger partial charge is 0.258 e. The van der Waals surface area contributed by atoms with Gasteiger partial charge in [0.1, 0.15) is 11.6 Å². The number of carbonyl (C=O) groups excluding carboxylic acids is 2. The van der Waals surface area contributed by atoms with Gasteiger partial charge in [-0.2, -0.15) is 0 Å². The van der Waals surface area contributed by atoms with Crippen LogP contribution >= 0.6 is 11.6 Å². The zero-order valence-corrected chi connectivity index (χ0v) is 18.9. The van der Waals surface area contributed by atoms with Crippen LogP contribution in [0.15, 0.2) is 42.5 Å². The second-order valence-corrected chi connectivity index (χ2v) is 9.11. The summed E-state index contributed by atoms with van der Waals surface area (Å²) >= 11 is 5.66. The van der Waals surface area contributed by atoms with Crippen LogP contribution in [0.3, 0.4) is 0 Å². The molecular formula is C24H27ClFN3O3. The van der Waals surface area contributed by atoms with Crippen LogP contribution < -0.4 is 20.3 Å². The van der Waals surface area contributed by atoms with Crippen LogP contribution in [0.25, 0.3) is 0 Å². The molecule has 2 aliphatic rings. The zero-order chi connectivity index (χ0) is 22.8. The molecule has 6 nitrogen and oxygen atoms in total. The Bertz CT molecular complexity index is 1020. The van der Waals surface area contributed by atoms with E-state index in [2.05, 4.69) is 10.6 Å². The van der Waals surface area contributed by atoms with Crippen molar-refractivity contribution in [1.82, 2.24) is 10.6 Å². The Balaban J connectivity index is 1.31. The van der Waals surface area contributed by atoms with E-state index in [0.717, 1.165) is 24.6 Å². The van der Waals surface area contributed by atoms with Crippen molar-refractivity contribution in [3.05, 3.63) is 58.9 Å². The highest BCUT2D eigenvalue weighted by molar-refractivity contribution is 6.30. The van der Waals surface area contributed by atoms with Gasteiger partial charge in [0.25, 0.3) is 11.8 Å². The fourth-order valence-corrected chi connectivity index (χ4v) is 4.76. The Morgan fingerprint density at radius 3 is 2.47 bits per heavy atom. The number of nitrogens with zero attached hydrogens (tertiary/aromatic N) is 1. The fraction of sp³-hybridized carbons (Fsp3) is 0.417. The molecule has 4 rings (SSSR count). The molecule has 32 heavy (non-hydrogen) atoms. The second kappa shape index (κ2) is 9.36. The molecule has 0 aliphatic heterocycles. The van der Waals surface area contributed by atoms with Crippen LogP contribution in [0.5, 0.6) is 5.75 Å². The summed E-state index contributed by atoms with van der Waals surface area (Å²) in [5.41, 5.74) is 1.60. The van der Waals surface area contributed by atoms with E-state index in [1.165, 1.54) is 12.1 Å². The predicted molar refractivity (Wildman–Crippen MR) is 122 cm³/mol. The Morgan fingerprint density at radius 1 is 1.09 bits per heavy atom. The molecule has 170 valence electrons. The molecule has 2 aromatic carbocycles. The van der Waals surface area contributed by atoms with E-state index >= 15 is 0 Å². The van der Waals surface area contributed by atoms with Crippen molar-refractivity contribution in [2.45, 2.75) is 31.3 Å². The molecule has 2 fully saturated rings. The monoisotopic (exact) mass is 459 g/mol. The van der Waals surface area contributed by atoms with Crippen molar-refractivity contribution < 1.29 is 18.7 Å². The first-order chi connectivity index (χ1) is 15.3. The van der Waals surface area contributed by atoms with Gasteiger partial charge < -0.3 is 20.3 Å². The lowest BCUT2D eigenvalue weighted by molar-refractivity contribution is -0.124. The van der Waals surface area contributed by atoms with Gasteiger partial charge in [-0.15, -0.1) is 0 Å². The van der Waals surface area contributed by atoms with Crippen molar-refractivity contribution >= 4 is 29.1 Å². The number of fused-ring (bicyclic) bond motifs is 1. The summed E-state index contributed by atoms with van der Waals surface area (Å²) in [5, 5.41) is 6.21. The maximum absolute atomic E-state index is 13.5. The third-order valence-electron chi connectivity index (χ3n) is 6.47. The molecule has 2 saturated carbocycles. The molecule has 2 aliphatic carbocycles. The molecule has 0 radical (unpaired) electrons. The first kappa shape index (κ1) is 22.4. The van der Waals surface area contributed by atoms with E-state index in [1.807, 2.05) is 43.3 Å². The zero-order valence-electron chi connectivity index (χ0n) is 18.1. The predicted octanol–water partition coefficient (Wildman–Crippen LogP) is 3.64. The molecular weight excluding hydrogens is 433 g/mol. The second-order valence-electron chi connectivity index (χ2n) is 8.70. The molecule has 0 spiro atoms. The third-order valence-corrected chi connectivity index (χ3v) is 6.78. The van der Waals surface area contributed by atoms with Gasteiger partial charge in [0, 0.05) is 43.5 Å². The fourth-order valence-electron chi connectivity index (χ4n) is 4.65. The van der Waals surface area contributed by atoms with Crippen LogP contribution in [0.4, 0.5) is 10.1 Å². The maximum atomic E-state index is 13.5. The van der Waals surface area contributed by atoms with Crippen LogP contribution in [0.1, 0.15) is 29.6 Å². The van der Waals surface area contributed by atoms with Gasteiger partial charge >= 0.3 is 0 Å². The molecule has 0 heterocycles. The van der Waals surface area contributed by atoms with Gasteiger partial charge in [-0.1, -0.05) is 17.7 Å². The largest absolute Gasteiger partial charge is 0.484 e. The molecule has 2 N–H and O–H groups in total. The molecule has 3 unspecified atom stereocenters. The standard InChI is InChI=1S/C24H27ClFN3O3/c1-29(2)15-5-3-4-14(10-15)24(31)28-22-12-21(17-7-8-18(17)22)27-23(30)13-32-16-6-9-19(25)20(26)11-16/h3-6,9-11,17-18,21-22H,7-8,12-13H2,1-2H3,(H,27,30)(H,28,31)/t17?,18?,21-,22?/m0/s1. The van der Waals surface area contributed by atoms with E-state index in [1.54, 1.807) is 0 Å². The minimum absolute atomic E-state index is 0.00492. The number of ether oxygens (including phenoxy) is 1. The molecule has 2 aromatic rings. The summed E-state index contributed by atoms with van der Waals surface area (Å²) in [4.78, 5) is 27.2. The van der Waals surface area contributed by atoms with Gasteiger partial charge in [-0.05, 0) is 61.4 Å². The number of benzene rings is 2. The van der Waals surface area contributed by atoms with Gasteiger partial charge in [-0.3, -0.25) is 9.59 Å². The van der Waals surface area contributed by atoms with E-state index in [9.17, 15) is 14.0 Å². The average Bonchev–Trinajstić information content (AvgIpc) is 2.96. The Hall–Kier alpha value is -2.80.